The van der Waals surface area contributed by atoms with Crippen LogP contribution >= 0.6 is 0 Å². The van der Waals surface area contributed by atoms with E-state index in [0.717, 1.165) is 5.56 Å². The number of carbonyl (C=O) groups is 2. The van der Waals surface area contributed by atoms with E-state index >= 15 is 0 Å². The lowest BCUT2D eigenvalue weighted by Crippen LogP contribution is -2.42. The Morgan fingerprint density at radius 1 is 1.18 bits per heavy atom. The second-order valence-corrected chi connectivity index (χ2v) is 10.3. The van der Waals surface area contributed by atoms with Gasteiger partial charge in [-0.3, -0.25) is 9.69 Å². The molecule has 1 amide bonds. The van der Waals surface area contributed by atoms with Crippen molar-refractivity contribution in [2.45, 2.75) is 63.0 Å². The van der Waals surface area contributed by atoms with Crippen molar-refractivity contribution in [3.05, 3.63) is 58.9 Å². The van der Waals surface area contributed by atoms with Gasteiger partial charge in [0.2, 0.25) is 0 Å². The number of hydrogen-bond donors (Lipinski definition) is 1. The fourth-order valence-electron chi connectivity index (χ4n) is 5.75. The number of aromatic nitrogens is 2. The zero-order valence-electron chi connectivity index (χ0n) is 21.9. The third kappa shape index (κ3) is 5.12. The van der Waals surface area contributed by atoms with E-state index in [9.17, 15) is 32.3 Å². The molecule has 3 atom stereocenters. The summed E-state index contributed by atoms with van der Waals surface area (Å²) in [7, 11) is 1.29. The predicted molar refractivity (Wildman–Crippen MR) is 137 cm³/mol. The third-order valence-electron chi connectivity index (χ3n) is 7.70. The summed E-state index contributed by atoms with van der Waals surface area (Å²) in [4.78, 5) is 31.3. The van der Waals surface area contributed by atoms with E-state index in [-0.39, 0.29) is 36.0 Å². The van der Waals surface area contributed by atoms with Crippen LogP contribution in [0.5, 0.6) is 0 Å². The number of ether oxygens (including phenoxy) is 2. The topological polar surface area (TPSA) is 93.9 Å². The van der Waals surface area contributed by atoms with Gasteiger partial charge in [0.1, 0.15) is 12.4 Å². The number of carboxylic acid groups (broad SMARTS) is 1. The van der Waals surface area contributed by atoms with Gasteiger partial charge < -0.3 is 19.1 Å². The molecule has 3 aromatic rings. The molecule has 214 valence electrons. The van der Waals surface area contributed by atoms with E-state index in [4.69, 9.17) is 14.5 Å². The van der Waals surface area contributed by atoms with Gasteiger partial charge in [0.15, 0.2) is 0 Å². The number of aliphatic carboxylic acids is 1. The number of anilines is 1. The molecule has 1 saturated heterocycles. The first-order valence-electron chi connectivity index (χ1n) is 13.0. The molecule has 1 aromatic heterocycles. The van der Waals surface area contributed by atoms with Crippen molar-refractivity contribution in [2.24, 2.45) is 0 Å². The van der Waals surface area contributed by atoms with Crippen LogP contribution in [0.1, 0.15) is 60.7 Å². The van der Waals surface area contributed by atoms with Gasteiger partial charge in [-0.05, 0) is 37.5 Å². The highest BCUT2D eigenvalue weighted by molar-refractivity contribution is 5.95. The molecule has 1 N–H and O–H groups in total. The largest absolute Gasteiger partial charge is 0.481 e. The zero-order valence-corrected chi connectivity index (χ0v) is 21.9. The molecule has 5 rings (SSSR count). The first kappa shape index (κ1) is 27.9. The minimum Gasteiger partial charge on any atom is -0.481 e. The molecule has 2 aliphatic heterocycles. The first-order chi connectivity index (χ1) is 19.0. The normalized spacial score (nSPS) is 21.3. The smallest absolute Gasteiger partial charge is 0.414 e. The summed E-state index contributed by atoms with van der Waals surface area (Å²) in [6, 6.07) is 7.48. The van der Waals surface area contributed by atoms with Crippen molar-refractivity contribution in [1.82, 2.24) is 9.55 Å². The number of alkyl halides is 4. The highest BCUT2D eigenvalue weighted by Gasteiger charge is 2.40. The van der Waals surface area contributed by atoms with E-state index in [1.807, 2.05) is 6.92 Å². The number of imidazole rings is 1. The second-order valence-electron chi connectivity index (χ2n) is 10.3. The molecular formula is C28H29F4N3O5. The third-order valence-corrected chi connectivity index (χ3v) is 7.70. The maximum Gasteiger partial charge on any atom is 0.414 e. The van der Waals surface area contributed by atoms with Gasteiger partial charge in [0, 0.05) is 30.0 Å². The SMILES string of the molecule is COC(=O)N1c2ccc3c(nc(CC(C(=O)O)c4ccc(C(F)F)cc4)n3C3COCC(F)(F)C3)c2CCC1C. The Labute approximate surface area is 227 Å². The lowest BCUT2D eigenvalue weighted by Gasteiger charge is -2.34. The Bertz CT molecular complexity index is 1430. The lowest BCUT2D eigenvalue weighted by molar-refractivity contribution is -0.139. The number of hydrogen-bond acceptors (Lipinski definition) is 5. The fraction of sp³-hybridized carbons (Fsp3) is 0.464. The molecule has 0 spiro atoms. The molecule has 8 nitrogen and oxygen atoms in total. The number of aryl methyl sites for hydroxylation is 1. The van der Waals surface area contributed by atoms with E-state index < -0.39 is 49.4 Å². The van der Waals surface area contributed by atoms with Gasteiger partial charge >= 0.3 is 12.1 Å². The van der Waals surface area contributed by atoms with Crippen molar-refractivity contribution in [2.75, 3.05) is 25.2 Å². The maximum absolute atomic E-state index is 14.5. The quantitative estimate of drug-likeness (QED) is 0.376. The van der Waals surface area contributed by atoms with Crippen LogP contribution in [0, 0.1) is 0 Å². The zero-order chi connectivity index (χ0) is 28.8. The number of nitrogens with zero attached hydrogens (tertiary/aromatic N) is 3. The van der Waals surface area contributed by atoms with E-state index in [2.05, 4.69) is 0 Å². The minimum atomic E-state index is -3.08. The van der Waals surface area contributed by atoms with Crippen LogP contribution in [-0.4, -0.2) is 59.0 Å². The predicted octanol–water partition coefficient (Wildman–Crippen LogP) is 5.89. The van der Waals surface area contributed by atoms with Gasteiger partial charge in [0.25, 0.3) is 12.3 Å². The van der Waals surface area contributed by atoms with Crippen LogP contribution in [0.15, 0.2) is 36.4 Å². The summed E-state index contributed by atoms with van der Waals surface area (Å²) in [5, 5.41) is 10.1. The number of methoxy groups -OCH3 is 1. The van der Waals surface area contributed by atoms with Gasteiger partial charge in [-0.2, -0.15) is 0 Å². The monoisotopic (exact) mass is 563 g/mol. The number of carbonyl (C=O) groups excluding carboxylic acids is 1. The van der Waals surface area contributed by atoms with Gasteiger partial charge in [-0.25, -0.2) is 27.3 Å². The van der Waals surface area contributed by atoms with Crippen LogP contribution in [-0.2, 0) is 27.1 Å². The number of amides is 1. The number of halogens is 4. The van der Waals surface area contributed by atoms with Gasteiger partial charge in [-0.15, -0.1) is 0 Å². The van der Waals surface area contributed by atoms with Crippen LogP contribution < -0.4 is 4.90 Å². The summed E-state index contributed by atoms with van der Waals surface area (Å²) in [5.74, 6) is -5.21. The Hall–Kier alpha value is -3.67. The van der Waals surface area contributed by atoms with E-state index in [1.165, 1.54) is 36.3 Å². The fourth-order valence-corrected chi connectivity index (χ4v) is 5.75. The summed E-state index contributed by atoms with van der Waals surface area (Å²) in [5.41, 5.74) is 2.39. The van der Waals surface area contributed by atoms with Gasteiger partial charge in [0.05, 0.1) is 42.4 Å². The average molecular weight is 564 g/mol. The van der Waals surface area contributed by atoms with Crippen molar-refractivity contribution in [1.29, 1.82) is 0 Å². The highest BCUT2D eigenvalue weighted by atomic mass is 19.3. The standard InChI is InChI=1S/C28H29F4N3O5/c1-15-3-8-19-21(34(15)27(38)39-2)9-10-22-24(19)33-23(35(22)18-12-28(31,32)14-40-13-18)11-20(26(36)37)16-4-6-17(7-5-16)25(29)30/h4-7,9-10,15,18,20,25H,3,8,11-14H2,1-2H3,(H,36,37). The van der Waals surface area contributed by atoms with E-state index in [0.29, 0.717) is 29.6 Å². The van der Waals surface area contributed by atoms with Crippen molar-refractivity contribution in [3.63, 3.8) is 0 Å². The molecular weight excluding hydrogens is 534 g/mol. The molecule has 12 heteroatoms. The summed E-state index contributed by atoms with van der Waals surface area (Å²) >= 11 is 0. The molecule has 1 fully saturated rings. The first-order valence-corrected chi connectivity index (χ1v) is 13.0. The number of fused-ring (bicyclic) bond motifs is 3. The van der Waals surface area contributed by atoms with Crippen molar-refractivity contribution >= 4 is 28.8 Å². The highest BCUT2D eigenvalue weighted by Crippen LogP contribution is 2.40. The van der Waals surface area contributed by atoms with E-state index in [1.54, 1.807) is 16.7 Å². The van der Waals surface area contributed by atoms with Crippen LogP contribution in [0.2, 0.25) is 0 Å². The summed E-state index contributed by atoms with van der Waals surface area (Å²) < 4.78 is 66.9. The number of carboxylic acids is 1. The number of rotatable bonds is 6. The van der Waals surface area contributed by atoms with Crippen molar-refractivity contribution in [3.8, 4) is 0 Å². The molecule has 0 bridgehead atoms. The molecule has 0 saturated carbocycles. The Balaban J connectivity index is 1.64. The summed E-state index contributed by atoms with van der Waals surface area (Å²) in [6.45, 7) is 1.17. The number of benzene rings is 2. The molecule has 3 unspecified atom stereocenters. The van der Waals surface area contributed by atoms with Crippen LogP contribution in [0.4, 0.5) is 28.0 Å². The minimum absolute atomic E-state index is 0.0166. The van der Waals surface area contributed by atoms with Crippen LogP contribution in [0.25, 0.3) is 11.0 Å². The Morgan fingerprint density at radius 3 is 2.50 bits per heavy atom. The van der Waals surface area contributed by atoms with Crippen LogP contribution in [0.3, 0.4) is 0 Å². The molecule has 2 aromatic carbocycles. The summed E-state index contributed by atoms with van der Waals surface area (Å²) in [6.07, 6.45) is -2.76. The molecule has 3 heterocycles. The molecule has 0 aliphatic carbocycles. The molecule has 40 heavy (non-hydrogen) atoms. The Kier molecular flexibility index (Phi) is 7.47. The maximum atomic E-state index is 14.5. The van der Waals surface area contributed by atoms with Crippen molar-refractivity contribution < 1.29 is 41.7 Å². The van der Waals surface area contributed by atoms with Gasteiger partial charge in [-0.1, -0.05) is 24.3 Å². The Morgan fingerprint density at radius 2 is 1.88 bits per heavy atom. The molecule has 2 aliphatic rings. The average Bonchev–Trinajstić information content (AvgIpc) is 3.29. The molecule has 0 radical (unpaired) electrons. The lowest BCUT2D eigenvalue weighted by atomic mass is 9.94. The second kappa shape index (κ2) is 10.7.